The number of amides is 1. The minimum absolute atomic E-state index is 0.0204. The van der Waals surface area contributed by atoms with Crippen molar-refractivity contribution in [1.82, 2.24) is 0 Å². The van der Waals surface area contributed by atoms with Crippen molar-refractivity contribution < 1.29 is 4.79 Å². The second kappa shape index (κ2) is 8.26. The molecule has 0 spiro atoms. The number of carbonyl (C=O) groups excluding carboxylic acids is 1. The Labute approximate surface area is 135 Å². The number of anilines is 1. The molecule has 0 saturated carbocycles. The van der Waals surface area contributed by atoms with E-state index in [2.05, 4.69) is 6.07 Å². The molecule has 2 aromatic carbocycles. The Morgan fingerprint density at radius 2 is 1.82 bits per heavy atom. The maximum absolute atomic E-state index is 12.5. The molecule has 0 aliphatic carbocycles. The molecule has 0 bridgehead atoms. The standard InChI is InChI=1S/C18H18N2OS/c1-15-8-10-17(11-9-15)22-14-18(21)20(13-5-12-19)16-6-3-2-4-7-16/h2-4,6-11H,5,13-14H2,1H3. The van der Waals surface area contributed by atoms with Gasteiger partial charge in [-0.1, -0.05) is 35.9 Å². The van der Waals surface area contributed by atoms with Gasteiger partial charge in [-0.15, -0.1) is 11.8 Å². The highest BCUT2D eigenvalue weighted by molar-refractivity contribution is 8.00. The van der Waals surface area contributed by atoms with Crippen molar-refractivity contribution >= 4 is 23.4 Å². The lowest BCUT2D eigenvalue weighted by Gasteiger charge is -2.21. The average Bonchev–Trinajstić information content (AvgIpc) is 2.55. The Morgan fingerprint density at radius 1 is 1.14 bits per heavy atom. The van der Waals surface area contributed by atoms with E-state index >= 15 is 0 Å². The summed E-state index contributed by atoms with van der Waals surface area (Å²) in [5.74, 6) is 0.385. The van der Waals surface area contributed by atoms with E-state index in [4.69, 9.17) is 5.26 Å². The smallest absolute Gasteiger partial charge is 0.237 e. The van der Waals surface area contributed by atoms with Gasteiger partial charge in [-0.2, -0.15) is 5.26 Å². The second-order valence-electron chi connectivity index (χ2n) is 4.89. The largest absolute Gasteiger partial charge is 0.311 e. The van der Waals surface area contributed by atoms with E-state index in [-0.39, 0.29) is 5.91 Å². The van der Waals surface area contributed by atoms with Crippen LogP contribution in [0.2, 0.25) is 0 Å². The number of rotatable bonds is 6. The normalized spacial score (nSPS) is 10.0. The fourth-order valence-corrected chi connectivity index (χ4v) is 2.80. The number of aryl methyl sites for hydroxylation is 1. The quantitative estimate of drug-likeness (QED) is 0.757. The first-order valence-electron chi connectivity index (χ1n) is 7.12. The number of para-hydroxylation sites is 1. The van der Waals surface area contributed by atoms with Gasteiger partial charge in [0.25, 0.3) is 0 Å². The van der Waals surface area contributed by atoms with Gasteiger partial charge < -0.3 is 4.90 Å². The third-order valence-corrected chi connectivity index (χ3v) is 4.20. The second-order valence-corrected chi connectivity index (χ2v) is 5.94. The molecule has 0 N–H and O–H groups in total. The average molecular weight is 310 g/mol. The fourth-order valence-electron chi connectivity index (χ4n) is 2.03. The number of carbonyl (C=O) groups is 1. The first-order chi connectivity index (χ1) is 10.7. The maximum Gasteiger partial charge on any atom is 0.237 e. The van der Waals surface area contributed by atoms with Crippen LogP contribution in [0.5, 0.6) is 0 Å². The maximum atomic E-state index is 12.5. The first kappa shape index (κ1) is 16.1. The Hall–Kier alpha value is -2.25. The minimum atomic E-state index is 0.0204. The van der Waals surface area contributed by atoms with Gasteiger partial charge in [0.1, 0.15) is 0 Å². The van der Waals surface area contributed by atoms with Crippen LogP contribution in [0.1, 0.15) is 12.0 Å². The molecule has 3 nitrogen and oxygen atoms in total. The lowest BCUT2D eigenvalue weighted by Crippen LogP contribution is -2.33. The van der Waals surface area contributed by atoms with Gasteiger partial charge in [0.05, 0.1) is 18.2 Å². The SMILES string of the molecule is Cc1ccc(SCC(=O)N(CCC#N)c2ccccc2)cc1. The van der Waals surface area contributed by atoms with Crippen molar-refractivity contribution in [2.45, 2.75) is 18.2 Å². The molecule has 0 fully saturated rings. The molecular formula is C18H18N2OS. The number of nitrogens with zero attached hydrogens (tertiary/aromatic N) is 2. The zero-order valence-electron chi connectivity index (χ0n) is 12.5. The van der Waals surface area contributed by atoms with Gasteiger partial charge >= 0.3 is 0 Å². The highest BCUT2D eigenvalue weighted by atomic mass is 32.2. The molecule has 2 rings (SSSR count). The van der Waals surface area contributed by atoms with Crippen LogP contribution < -0.4 is 4.90 Å². The third-order valence-electron chi connectivity index (χ3n) is 3.20. The van der Waals surface area contributed by atoms with Crippen molar-refractivity contribution in [2.75, 3.05) is 17.2 Å². The van der Waals surface area contributed by atoms with Gasteiger partial charge in [-0.25, -0.2) is 0 Å². The lowest BCUT2D eigenvalue weighted by molar-refractivity contribution is -0.116. The van der Waals surface area contributed by atoms with E-state index in [9.17, 15) is 4.79 Å². The summed E-state index contributed by atoms with van der Waals surface area (Å²) in [5.41, 5.74) is 2.04. The molecular weight excluding hydrogens is 292 g/mol. The zero-order chi connectivity index (χ0) is 15.8. The number of hydrogen-bond donors (Lipinski definition) is 0. The molecule has 1 amide bonds. The first-order valence-corrected chi connectivity index (χ1v) is 8.11. The molecule has 0 atom stereocenters. The monoisotopic (exact) mass is 310 g/mol. The van der Waals surface area contributed by atoms with Crippen LogP contribution in [0, 0.1) is 18.3 Å². The van der Waals surface area contributed by atoms with Crippen LogP contribution >= 0.6 is 11.8 Å². The Kier molecular flexibility index (Phi) is 6.05. The summed E-state index contributed by atoms with van der Waals surface area (Å²) in [6.07, 6.45) is 0.329. The van der Waals surface area contributed by atoms with E-state index in [1.165, 1.54) is 17.3 Å². The molecule has 0 unspecified atom stereocenters. The summed E-state index contributed by atoms with van der Waals surface area (Å²) in [5, 5.41) is 8.78. The number of hydrogen-bond acceptors (Lipinski definition) is 3. The highest BCUT2D eigenvalue weighted by Gasteiger charge is 2.15. The molecule has 0 aliphatic heterocycles. The summed E-state index contributed by atoms with van der Waals surface area (Å²) >= 11 is 1.52. The summed E-state index contributed by atoms with van der Waals surface area (Å²) in [6.45, 7) is 2.46. The zero-order valence-corrected chi connectivity index (χ0v) is 13.3. The van der Waals surface area contributed by atoms with Gasteiger partial charge in [0, 0.05) is 17.1 Å². The molecule has 112 valence electrons. The number of benzene rings is 2. The predicted octanol–water partition coefficient (Wildman–Crippen LogP) is 4.03. The van der Waals surface area contributed by atoms with Crippen molar-refractivity contribution in [1.29, 1.82) is 5.26 Å². The van der Waals surface area contributed by atoms with E-state index in [1.807, 2.05) is 61.5 Å². The molecule has 2 aromatic rings. The predicted molar refractivity (Wildman–Crippen MR) is 90.9 cm³/mol. The van der Waals surface area contributed by atoms with Crippen molar-refractivity contribution in [2.24, 2.45) is 0 Å². The topological polar surface area (TPSA) is 44.1 Å². The van der Waals surface area contributed by atoms with Crippen molar-refractivity contribution in [3.05, 3.63) is 60.2 Å². The van der Waals surface area contributed by atoms with Crippen LogP contribution in [0.15, 0.2) is 59.5 Å². The Morgan fingerprint density at radius 3 is 2.45 bits per heavy atom. The van der Waals surface area contributed by atoms with E-state index in [0.29, 0.717) is 18.7 Å². The molecule has 22 heavy (non-hydrogen) atoms. The summed E-state index contributed by atoms with van der Waals surface area (Å²) in [4.78, 5) is 15.2. The molecule has 0 aromatic heterocycles. The van der Waals surface area contributed by atoms with Gasteiger partial charge in [-0.3, -0.25) is 4.79 Å². The van der Waals surface area contributed by atoms with Crippen LogP contribution in [0.25, 0.3) is 0 Å². The van der Waals surface area contributed by atoms with Crippen LogP contribution in [0.4, 0.5) is 5.69 Å². The fraction of sp³-hybridized carbons (Fsp3) is 0.222. The third kappa shape index (κ3) is 4.64. The summed E-state index contributed by atoms with van der Waals surface area (Å²) in [7, 11) is 0. The lowest BCUT2D eigenvalue weighted by atomic mass is 10.2. The molecule has 0 heterocycles. The van der Waals surface area contributed by atoms with Crippen molar-refractivity contribution in [3.8, 4) is 6.07 Å². The molecule has 0 aliphatic rings. The van der Waals surface area contributed by atoms with Gasteiger partial charge in [0.2, 0.25) is 5.91 Å². The van der Waals surface area contributed by atoms with E-state index < -0.39 is 0 Å². The van der Waals surface area contributed by atoms with E-state index in [0.717, 1.165) is 10.6 Å². The summed E-state index contributed by atoms with van der Waals surface area (Å²) < 4.78 is 0. The Balaban J connectivity index is 2.02. The minimum Gasteiger partial charge on any atom is -0.311 e. The van der Waals surface area contributed by atoms with Crippen LogP contribution in [0.3, 0.4) is 0 Å². The number of thioether (sulfide) groups is 1. The molecule has 0 saturated heterocycles. The van der Waals surface area contributed by atoms with E-state index in [1.54, 1.807) is 4.90 Å². The van der Waals surface area contributed by atoms with Gasteiger partial charge in [-0.05, 0) is 31.2 Å². The summed E-state index contributed by atoms with van der Waals surface area (Å²) in [6, 6.07) is 19.7. The van der Waals surface area contributed by atoms with Crippen molar-refractivity contribution in [3.63, 3.8) is 0 Å². The van der Waals surface area contributed by atoms with Crippen LogP contribution in [-0.2, 0) is 4.79 Å². The molecule has 4 heteroatoms. The van der Waals surface area contributed by atoms with Gasteiger partial charge in [0.15, 0.2) is 0 Å². The Bertz CT molecular complexity index is 647. The highest BCUT2D eigenvalue weighted by Crippen LogP contribution is 2.21. The molecule has 0 radical (unpaired) electrons. The number of nitriles is 1. The van der Waals surface area contributed by atoms with Crippen LogP contribution in [-0.4, -0.2) is 18.2 Å².